The summed E-state index contributed by atoms with van der Waals surface area (Å²) in [5.74, 6) is 1.89. The van der Waals surface area contributed by atoms with Crippen molar-refractivity contribution in [3.63, 3.8) is 0 Å². The molecule has 3 aliphatic heterocycles. The Morgan fingerprint density at radius 2 is 2.22 bits per heavy atom. The third-order valence-corrected chi connectivity index (χ3v) is 5.37. The SMILES string of the molecule is COCC[C@H]1CO[C@H]2CN(C(=O)[C@H]3Cc4ccccc4O3)C[C@@H]12. The number of methoxy groups -OCH3 is 1. The first-order chi connectivity index (χ1) is 11.3. The van der Waals surface area contributed by atoms with Gasteiger partial charge in [-0.15, -0.1) is 0 Å². The fourth-order valence-electron chi connectivity index (χ4n) is 4.07. The molecule has 4 rings (SSSR count). The molecular weight excluding hydrogens is 294 g/mol. The summed E-state index contributed by atoms with van der Waals surface area (Å²) < 4.78 is 16.9. The molecule has 2 fully saturated rings. The minimum absolute atomic E-state index is 0.102. The monoisotopic (exact) mass is 317 g/mol. The number of fused-ring (bicyclic) bond motifs is 2. The number of rotatable bonds is 4. The Balaban J connectivity index is 1.38. The van der Waals surface area contributed by atoms with Crippen LogP contribution in [-0.4, -0.2) is 56.4 Å². The summed E-state index contributed by atoms with van der Waals surface area (Å²) in [5, 5.41) is 0. The third-order valence-electron chi connectivity index (χ3n) is 5.37. The van der Waals surface area contributed by atoms with Gasteiger partial charge in [-0.2, -0.15) is 0 Å². The Labute approximate surface area is 136 Å². The summed E-state index contributed by atoms with van der Waals surface area (Å²) in [6.45, 7) is 3.04. The minimum atomic E-state index is -0.372. The number of likely N-dealkylation sites (tertiary alicyclic amines) is 1. The second-order valence-electron chi connectivity index (χ2n) is 6.74. The first kappa shape index (κ1) is 15.0. The van der Waals surface area contributed by atoms with Gasteiger partial charge >= 0.3 is 0 Å². The summed E-state index contributed by atoms with van der Waals surface area (Å²) >= 11 is 0. The van der Waals surface area contributed by atoms with Crippen LogP contribution < -0.4 is 4.74 Å². The summed E-state index contributed by atoms with van der Waals surface area (Å²) in [6.07, 6.45) is 1.49. The van der Waals surface area contributed by atoms with Crippen molar-refractivity contribution >= 4 is 5.91 Å². The van der Waals surface area contributed by atoms with Crippen LogP contribution in [0.2, 0.25) is 0 Å². The average Bonchev–Trinajstić information content (AvgIpc) is 3.25. The molecule has 0 aliphatic carbocycles. The highest BCUT2D eigenvalue weighted by molar-refractivity contribution is 5.83. The lowest BCUT2D eigenvalue weighted by Gasteiger charge is -2.22. The highest BCUT2D eigenvalue weighted by Crippen LogP contribution is 2.37. The number of amides is 1. The smallest absolute Gasteiger partial charge is 0.264 e. The van der Waals surface area contributed by atoms with E-state index in [0.717, 1.165) is 37.5 Å². The van der Waals surface area contributed by atoms with E-state index in [4.69, 9.17) is 14.2 Å². The largest absolute Gasteiger partial charge is 0.480 e. The fraction of sp³-hybridized carbons (Fsp3) is 0.611. The minimum Gasteiger partial charge on any atom is -0.480 e. The molecule has 1 aromatic carbocycles. The Bertz CT molecular complexity index is 565. The van der Waals surface area contributed by atoms with Crippen LogP contribution in [0.4, 0.5) is 0 Å². The van der Waals surface area contributed by atoms with E-state index in [1.165, 1.54) is 0 Å². The van der Waals surface area contributed by atoms with Gasteiger partial charge in [-0.1, -0.05) is 18.2 Å². The molecule has 0 radical (unpaired) electrons. The lowest BCUT2D eigenvalue weighted by Crippen LogP contribution is -2.41. The molecule has 5 nitrogen and oxygen atoms in total. The van der Waals surface area contributed by atoms with Gasteiger partial charge in [-0.05, 0) is 24.0 Å². The number of ether oxygens (including phenoxy) is 3. The summed E-state index contributed by atoms with van der Waals surface area (Å²) in [6, 6.07) is 7.90. The van der Waals surface area contributed by atoms with Crippen molar-refractivity contribution in [2.75, 3.05) is 33.4 Å². The van der Waals surface area contributed by atoms with Gasteiger partial charge in [0.25, 0.3) is 5.91 Å². The quantitative estimate of drug-likeness (QED) is 0.844. The van der Waals surface area contributed by atoms with Crippen molar-refractivity contribution in [1.82, 2.24) is 4.90 Å². The van der Waals surface area contributed by atoms with Crippen molar-refractivity contribution in [3.8, 4) is 5.75 Å². The van der Waals surface area contributed by atoms with Crippen LogP contribution in [0, 0.1) is 11.8 Å². The average molecular weight is 317 g/mol. The van der Waals surface area contributed by atoms with Crippen molar-refractivity contribution in [2.45, 2.75) is 25.0 Å². The predicted octanol–water partition coefficient (Wildman–Crippen LogP) is 1.50. The third kappa shape index (κ3) is 2.72. The summed E-state index contributed by atoms with van der Waals surface area (Å²) in [5.41, 5.74) is 1.12. The van der Waals surface area contributed by atoms with E-state index < -0.39 is 0 Å². The van der Waals surface area contributed by atoms with E-state index in [-0.39, 0.29) is 18.1 Å². The van der Waals surface area contributed by atoms with Crippen molar-refractivity contribution < 1.29 is 19.0 Å². The highest BCUT2D eigenvalue weighted by atomic mass is 16.5. The van der Waals surface area contributed by atoms with E-state index in [1.807, 2.05) is 29.2 Å². The normalized spacial score (nSPS) is 31.8. The van der Waals surface area contributed by atoms with Crippen LogP contribution in [0.3, 0.4) is 0 Å². The van der Waals surface area contributed by atoms with Gasteiger partial charge in [0.05, 0.1) is 12.7 Å². The van der Waals surface area contributed by atoms with E-state index in [0.29, 0.717) is 24.8 Å². The standard InChI is InChI=1S/C18H23NO4/c1-21-7-6-13-11-22-17-10-19(9-14(13)17)18(20)16-8-12-4-2-3-5-15(12)23-16/h2-5,13-14,16-17H,6-11H2,1H3/t13-,14-,16+,17-/m0/s1. The molecule has 0 saturated carbocycles. The summed E-state index contributed by atoms with van der Waals surface area (Å²) in [7, 11) is 1.73. The van der Waals surface area contributed by atoms with Gasteiger partial charge in [-0.3, -0.25) is 4.79 Å². The Hall–Kier alpha value is -1.59. The van der Waals surface area contributed by atoms with Gasteiger partial charge < -0.3 is 19.1 Å². The topological polar surface area (TPSA) is 48.0 Å². The zero-order valence-corrected chi connectivity index (χ0v) is 13.4. The first-order valence-electron chi connectivity index (χ1n) is 8.40. The molecule has 0 unspecified atom stereocenters. The van der Waals surface area contributed by atoms with Crippen molar-refractivity contribution in [3.05, 3.63) is 29.8 Å². The second-order valence-corrected chi connectivity index (χ2v) is 6.74. The van der Waals surface area contributed by atoms with Crippen molar-refractivity contribution in [1.29, 1.82) is 0 Å². The molecule has 0 bridgehead atoms. The number of benzene rings is 1. The first-order valence-corrected chi connectivity index (χ1v) is 8.40. The van der Waals surface area contributed by atoms with E-state index in [2.05, 4.69) is 0 Å². The molecule has 1 aromatic rings. The molecule has 124 valence electrons. The molecule has 4 atom stereocenters. The maximum Gasteiger partial charge on any atom is 0.264 e. The van der Waals surface area contributed by atoms with Gasteiger partial charge in [-0.25, -0.2) is 0 Å². The Kier molecular flexibility index (Phi) is 3.99. The molecular formula is C18H23NO4. The molecule has 23 heavy (non-hydrogen) atoms. The summed E-state index contributed by atoms with van der Waals surface area (Å²) in [4.78, 5) is 14.7. The van der Waals surface area contributed by atoms with E-state index in [1.54, 1.807) is 7.11 Å². The van der Waals surface area contributed by atoms with Gasteiger partial charge in [0, 0.05) is 39.1 Å². The molecule has 1 amide bonds. The predicted molar refractivity (Wildman–Crippen MR) is 84.4 cm³/mol. The molecule has 0 spiro atoms. The lowest BCUT2D eigenvalue weighted by molar-refractivity contribution is -0.137. The fourth-order valence-corrected chi connectivity index (χ4v) is 4.07. The molecule has 0 aromatic heterocycles. The zero-order chi connectivity index (χ0) is 15.8. The van der Waals surface area contributed by atoms with Crippen LogP contribution in [-0.2, 0) is 20.7 Å². The Morgan fingerprint density at radius 1 is 1.35 bits per heavy atom. The number of carbonyl (C=O) groups excluding carboxylic acids is 1. The zero-order valence-electron chi connectivity index (χ0n) is 13.4. The highest BCUT2D eigenvalue weighted by Gasteiger charge is 2.46. The number of hydrogen-bond donors (Lipinski definition) is 0. The second kappa shape index (κ2) is 6.13. The molecule has 2 saturated heterocycles. The van der Waals surface area contributed by atoms with Gasteiger partial charge in [0.1, 0.15) is 5.75 Å². The van der Waals surface area contributed by atoms with E-state index >= 15 is 0 Å². The number of nitrogens with zero attached hydrogens (tertiary/aromatic N) is 1. The maximum absolute atomic E-state index is 12.8. The van der Waals surface area contributed by atoms with E-state index in [9.17, 15) is 4.79 Å². The molecule has 3 aliphatic rings. The van der Waals surface area contributed by atoms with Crippen LogP contribution in [0.15, 0.2) is 24.3 Å². The van der Waals surface area contributed by atoms with Crippen LogP contribution in [0.5, 0.6) is 5.75 Å². The van der Waals surface area contributed by atoms with Crippen LogP contribution >= 0.6 is 0 Å². The van der Waals surface area contributed by atoms with Crippen LogP contribution in [0.25, 0.3) is 0 Å². The Morgan fingerprint density at radius 3 is 3.04 bits per heavy atom. The number of carbonyl (C=O) groups is 1. The molecule has 0 N–H and O–H groups in total. The van der Waals surface area contributed by atoms with Gasteiger partial charge in [0.15, 0.2) is 6.10 Å². The number of para-hydroxylation sites is 1. The maximum atomic E-state index is 12.8. The lowest BCUT2D eigenvalue weighted by atomic mass is 9.91. The molecule has 3 heterocycles. The number of hydrogen-bond acceptors (Lipinski definition) is 4. The molecule has 5 heteroatoms. The van der Waals surface area contributed by atoms with Crippen molar-refractivity contribution in [2.24, 2.45) is 11.8 Å². The van der Waals surface area contributed by atoms with Gasteiger partial charge in [0.2, 0.25) is 0 Å². The van der Waals surface area contributed by atoms with Crippen LogP contribution in [0.1, 0.15) is 12.0 Å².